The van der Waals surface area contributed by atoms with Crippen LogP contribution >= 0.6 is 0 Å². The molecular weight excluding hydrogens is 939 g/mol. The van der Waals surface area contributed by atoms with Crippen molar-refractivity contribution in [1.82, 2.24) is 5.32 Å². The lowest BCUT2D eigenvalue weighted by atomic mass is 10.0. The maximum Gasteiger partial charge on any atom is 0.220 e. The number of carbonyl (C=O) groups excluding carboxylic acids is 1. The van der Waals surface area contributed by atoms with Gasteiger partial charge in [-0.1, -0.05) is 355 Å². The number of aliphatic hydroxyl groups excluding tert-OH is 2. The van der Waals surface area contributed by atoms with Crippen molar-refractivity contribution in [2.24, 2.45) is 0 Å². The van der Waals surface area contributed by atoms with Gasteiger partial charge in [-0.25, -0.2) is 0 Å². The van der Waals surface area contributed by atoms with Gasteiger partial charge in [0.25, 0.3) is 0 Å². The number of allylic oxidation sites excluding steroid dienone is 16. The van der Waals surface area contributed by atoms with Gasteiger partial charge in [-0.3, -0.25) is 4.79 Å². The fourth-order valence-electron chi connectivity index (χ4n) is 10.3. The number of hydrogen-bond donors (Lipinski definition) is 3. The summed E-state index contributed by atoms with van der Waals surface area (Å²) in [6.07, 6.45) is 100. The molecule has 0 aliphatic carbocycles. The van der Waals surface area contributed by atoms with Crippen LogP contribution < -0.4 is 5.32 Å². The molecule has 2 unspecified atom stereocenters. The summed E-state index contributed by atoms with van der Waals surface area (Å²) >= 11 is 0. The van der Waals surface area contributed by atoms with Crippen molar-refractivity contribution in [3.05, 3.63) is 97.2 Å². The van der Waals surface area contributed by atoms with E-state index in [4.69, 9.17) is 0 Å². The molecule has 0 saturated carbocycles. The lowest BCUT2D eigenvalue weighted by molar-refractivity contribution is -0.123. The van der Waals surface area contributed by atoms with Gasteiger partial charge in [0.05, 0.1) is 18.8 Å². The van der Waals surface area contributed by atoms with Crippen molar-refractivity contribution in [1.29, 1.82) is 0 Å². The van der Waals surface area contributed by atoms with Crippen molar-refractivity contribution in [3.63, 3.8) is 0 Å². The summed E-state index contributed by atoms with van der Waals surface area (Å²) in [4.78, 5) is 12.6. The molecule has 446 valence electrons. The van der Waals surface area contributed by atoms with E-state index in [0.29, 0.717) is 12.8 Å². The maximum absolute atomic E-state index is 12.6. The highest BCUT2D eigenvalue weighted by Crippen LogP contribution is 2.18. The van der Waals surface area contributed by atoms with Crippen LogP contribution in [-0.4, -0.2) is 34.9 Å². The van der Waals surface area contributed by atoms with E-state index in [1.807, 2.05) is 0 Å². The molecule has 0 radical (unpaired) electrons. The van der Waals surface area contributed by atoms with Crippen LogP contribution in [0, 0.1) is 0 Å². The number of amides is 1. The minimum absolute atomic E-state index is 0.0393. The van der Waals surface area contributed by atoms with Crippen molar-refractivity contribution in [2.75, 3.05) is 6.61 Å². The molecule has 0 spiro atoms. The van der Waals surface area contributed by atoms with Crippen LogP contribution in [0.2, 0.25) is 0 Å². The zero-order valence-corrected chi connectivity index (χ0v) is 51.5. The van der Waals surface area contributed by atoms with E-state index >= 15 is 0 Å². The van der Waals surface area contributed by atoms with E-state index in [1.165, 1.54) is 238 Å². The number of unbranched alkanes of at least 4 members (excludes halogenated alkanes) is 39. The highest BCUT2D eigenvalue weighted by Gasteiger charge is 2.20. The molecule has 0 aliphatic rings. The van der Waals surface area contributed by atoms with Gasteiger partial charge in [-0.15, -0.1) is 0 Å². The molecule has 0 bridgehead atoms. The number of nitrogens with one attached hydrogen (secondary N) is 1. The average Bonchev–Trinajstić information content (AvgIpc) is 3.43. The predicted octanol–water partition coefficient (Wildman–Crippen LogP) is 23.2. The van der Waals surface area contributed by atoms with Gasteiger partial charge in [-0.2, -0.15) is 0 Å². The number of carbonyl (C=O) groups is 1. The Kier molecular flexibility index (Phi) is 65.2. The van der Waals surface area contributed by atoms with Crippen molar-refractivity contribution in [3.8, 4) is 0 Å². The SMILES string of the molecule is CC/C=C\C/C=C\C/C=C\C/C=C\C/C=C\C/C=C\C/C=C\C/C=C\CCCCCCCCCCC(=O)NC(CO)C(O)CCCCCCCCCCCCCCCCCCCCCCCCCCCCCCCCCC. The van der Waals surface area contributed by atoms with Crippen LogP contribution in [0.5, 0.6) is 0 Å². The Morgan fingerprint density at radius 3 is 0.857 bits per heavy atom. The van der Waals surface area contributed by atoms with E-state index in [2.05, 4.69) is 116 Å². The quantitative estimate of drug-likeness (QED) is 0.0420. The topological polar surface area (TPSA) is 69.6 Å². The molecule has 77 heavy (non-hydrogen) atoms. The molecule has 0 rings (SSSR count). The van der Waals surface area contributed by atoms with Gasteiger partial charge in [0, 0.05) is 6.42 Å². The third kappa shape index (κ3) is 64.0. The van der Waals surface area contributed by atoms with E-state index < -0.39 is 12.1 Å². The second-order valence-electron chi connectivity index (χ2n) is 22.9. The Morgan fingerprint density at radius 2 is 0.571 bits per heavy atom. The lowest BCUT2D eigenvalue weighted by Crippen LogP contribution is -2.45. The molecule has 4 heteroatoms. The molecule has 1 amide bonds. The minimum Gasteiger partial charge on any atom is -0.394 e. The van der Waals surface area contributed by atoms with Crippen molar-refractivity contribution in [2.45, 2.75) is 353 Å². The Bertz CT molecular complexity index is 1400. The molecule has 3 N–H and O–H groups in total. The molecule has 0 aromatic carbocycles. The Balaban J connectivity index is 3.50. The van der Waals surface area contributed by atoms with Crippen LogP contribution in [0.1, 0.15) is 341 Å². The van der Waals surface area contributed by atoms with Gasteiger partial charge in [-0.05, 0) is 77.0 Å². The summed E-state index contributed by atoms with van der Waals surface area (Å²) in [6.45, 7) is 4.27. The molecule has 0 aromatic rings. The van der Waals surface area contributed by atoms with E-state index in [-0.39, 0.29) is 12.5 Å². The van der Waals surface area contributed by atoms with Crippen LogP contribution in [-0.2, 0) is 4.79 Å². The first kappa shape index (κ1) is 74.3. The van der Waals surface area contributed by atoms with Gasteiger partial charge < -0.3 is 15.5 Å². The van der Waals surface area contributed by atoms with Crippen LogP contribution in [0.3, 0.4) is 0 Å². The average molecular weight is 1070 g/mol. The molecule has 2 atom stereocenters. The molecule has 0 aromatic heterocycles. The number of rotatable bonds is 62. The summed E-state index contributed by atoms with van der Waals surface area (Å²) in [6, 6.07) is -0.550. The fourth-order valence-corrected chi connectivity index (χ4v) is 10.3. The number of hydrogen-bond acceptors (Lipinski definition) is 3. The summed E-state index contributed by atoms with van der Waals surface area (Å²) < 4.78 is 0. The molecule has 0 aliphatic heterocycles. The number of aliphatic hydroxyl groups is 2. The first-order chi connectivity index (χ1) is 38.2. The largest absolute Gasteiger partial charge is 0.394 e. The molecule has 0 heterocycles. The second kappa shape index (κ2) is 67.6. The normalized spacial score (nSPS) is 13.4. The third-order valence-electron chi connectivity index (χ3n) is 15.4. The Labute approximate surface area is 481 Å². The molecule has 0 saturated heterocycles. The monoisotopic (exact) mass is 1070 g/mol. The molecular formula is C73H131NO3. The van der Waals surface area contributed by atoms with Crippen molar-refractivity contribution >= 4 is 5.91 Å². The van der Waals surface area contributed by atoms with Gasteiger partial charge in [0.1, 0.15) is 0 Å². The summed E-state index contributed by atoms with van der Waals surface area (Å²) in [5.74, 6) is -0.0393. The lowest BCUT2D eigenvalue weighted by Gasteiger charge is -2.22. The highest BCUT2D eigenvalue weighted by atomic mass is 16.3. The van der Waals surface area contributed by atoms with Crippen LogP contribution in [0.4, 0.5) is 0 Å². The Morgan fingerprint density at radius 1 is 0.325 bits per heavy atom. The van der Waals surface area contributed by atoms with Crippen LogP contribution in [0.25, 0.3) is 0 Å². The van der Waals surface area contributed by atoms with Crippen LogP contribution in [0.15, 0.2) is 97.2 Å². The third-order valence-corrected chi connectivity index (χ3v) is 15.4. The molecule has 0 fully saturated rings. The van der Waals surface area contributed by atoms with Crippen molar-refractivity contribution < 1.29 is 15.0 Å². The summed E-state index contributed by atoms with van der Waals surface area (Å²) in [7, 11) is 0. The zero-order valence-electron chi connectivity index (χ0n) is 51.5. The minimum atomic E-state index is -0.672. The van der Waals surface area contributed by atoms with E-state index in [0.717, 1.165) is 77.0 Å². The second-order valence-corrected chi connectivity index (χ2v) is 22.9. The fraction of sp³-hybridized carbons (Fsp3) is 0.767. The van der Waals surface area contributed by atoms with Gasteiger partial charge in [0.2, 0.25) is 5.91 Å². The van der Waals surface area contributed by atoms with Gasteiger partial charge >= 0.3 is 0 Å². The standard InChI is InChI=1S/C73H131NO3/c1-3-5-7-9-11-13-15-17-19-21-23-25-27-29-31-33-35-37-39-41-43-45-47-49-51-53-55-57-59-61-63-65-67-69-73(77)74-71(70-75)72(76)68-66-64-62-60-58-56-54-52-50-48-46-44-42-40-38-36-34-32-30-28-26-24-22-20-18-16-14-12-10-8-6-4-2/h5,7,11,13,17,19,23,25,29,31,35,37,41,43,47,49,71-72,75-76H,3-4,6,8-10,12,14-16,18,20-22,24,26-28,30,32-34,36,38-40,42,44-46,48,50-70H2,1-2H3,(H,74,77)/b7-5-,13-11-,19-17-,25-23-,31-29-,37-35-,43-41-,49-47-. The zero-order chi connectivity index (χ0) is 55.5. The molecule has 4 nitrogen and oxygen atoms in total. The first-order valence-corrected chi connectivity index (χ1v) is 33.9. The smallest absolute Gasteiger partial charge is 0.220 e. The van der Waals surface area contributed by atoms with Gasteiger partial charge in [0.15, 0.2) is 0 Å². The summed E-state index contributed by atoms with van der Waals surface area (Å²) in [5.41, 5.74) is 0. The first-order valence-electron chi connectivity index (χ1n) is 33.9. The predicted molar refractivity (Wildman–Crippen MR) is 345 cm³/mol. The maximum atomic E-state index is 12.6. The highest BCUT2D eigenvalue weighted by molar-refractivity contribution is 5.76. The van der Waals surface area contributed by atoms with E-state index in [1.54, 1.807) is 0 Å². The summed E-state index contributed by atoms with van der Waals surface area (Å²) in [5, 5.41) is 23.5. The van der Waals surface area contributed by atoms with E-state index in [9.17, 15) is 15.0 Å². The Hall–Kier alpha value is -2.69.